The summed E-state index contributed by atoms with van der Waals surface area (Å²) in [5.74, 6) is 0. The van der Waals surface area contributed by atoms with Crippen LogP contribution in [0.3, 0.4) is 0 Å². The van der Waals surface area contributed by atoms with Gasteiger partial charge in [-0.25, -0.2) is 4.98 Å². The minimum Gasteiger partial charge on any atom is -0.486 e. The van der Waals surface area contributed by atoms with Gasteiger partial charge in [0.1, 0.15) is 0 Å². The van der Waals surface area contributed by atoms with E-state index in [9.17, 15) is 0 Å². The number of aromatic nitrogens is 3. The summed E-state index contributed by atoms with van der Waals surface area (Å²) in [4.78, 5) is 13.0. The second kappa shape index (κ2) is 17.1. The number of hydrogen-bond donors (Lipinski definition) is 0. The van der Waals surface area contributed by atoms with Crippen molar-refractivity contribution in [1.82, 2.24) is 15.0 Å². The number of benzene rings is 4. The molecule has 0 aliphatic heterocycles. The van der Waals surface area contributed by atoms with Crippen LogP contribution in [0, 0.1) is 43.5 Å². The van der Waals surface area contributed by atoms with E-state index in [1.54, 1.807) is 81.4 Å². The Morgan fingerprint density at radius 2 is 1.39 bits per heavy atom. The zero-order valence-corrected chi connectivity index (χ0v) is 34.6. The van der Waals surface area contributed by atoms with Gasteiger partial charge in [0.05, 0.1) is 12.4 Å². The topological polar surface area (TPSA) is 51.8 Å². The first kappa shape index (κ1) is 23.9. The molecule has 0 N–H and O–H groups in total. The van der Waals surface area contributed by atoms with Crippen LogP contribution >= 0.6 is 0 Å². The molecule has 8 rings (SSSR count). The standard InChI is InChI=1S/C29H27N2O.C23H24N.Ir/c1-18-17-30-26(15-25(18)21-12-10-20(11-13-21)16-29(3,4)5)24-8-6-7-22-23-14-9-19(2)31-28(23)32-27(22)24;1-17-10-12-20(14-21(17)19-8-6-5-7-9-19)22-13-11-18(16-24-22)15-23(2,3)4;/h6-7,9-15,17H,16H2,1-5H3;5-11,13-14,16H,15H2,1-4H3;/q2*-1;/i1D3,2D3,16D2;1D3,5D,6D,7D,8D,9D,15D2;. The summed E-state index contributed by atoms with van der Waals surface area (Å²) in [6.45, 7) is 3.41. The van der Waals surface area contributed by atoms with Crippen LogP contribution in [-0.2, 0) is 32.9 Å². The van der Waals surface area contributed by atoms with Crippen LogP contribution in [0.1, 0.15) is 94.2 Å². The van der Waals surface area contributed by atoms with E-state index in [1.807, 2.05) is 20.8 Å². The number of hydrogen-bond acceptors (Lipinski definition) is 4. The predicted octanol–water partition coefficient (Wildman–Crippen LogP) is 13.8. The molecule has 291 valence electrons. The molecule has 57 heavy (non-hydrogen) atoms. The van der Waals surface area contributed by atoms with Crippen molar-refractivity contribution >= 4 is 22.1 Å². The molecule has 0 spiro atoms. The van der Waals surface area contributed by atoms with E-state index in [-0.39, 0.29) is 53.8 Å². The minimum absolute atomic E-state index is 0. The molecule has 0 saturated carbocycles. The Balaban J connectivity index is 0.000000244. The first-order valence-electron chi connectivity index (χ1n) is 26.9. The average Bonchev–Trinajstić information content (AvgIpc) is 3.70. The number of nitrogens with zero attached hydrogens (tertiary/aromatic N) is 3. The average molecular weight is 944 g/mol. The first-order chi connectivity index (χ1) is 34.0. The molecule has 1 radical (unpaired) electrons. The molecular weight excluding hydrogens is 875 g/mol. The van der Waals surface area contributed by atoms with Gasteiger partial charge in [0, 0.05) is 61.4 Å². The van der Waals surface area contributed by atoms with Crippen LogP contribution in [-0.4, -0.2) is 15.0 Å². The Labute approximate surface area is 377 Å². The molecule has 4 heterocycles. The molecule has 0 bridgehead atoms. The van der Waals surface area contributed by atoms with Crippen molar-refractivity contribution in [3.05, 3.63) is 162 Å². The maximum absolute atomic E-state index is 8.57. The molecule has 4 nitrogen and oxygen atoms in total. The Kier molecular flexibility index (Phi) is 7.16. The Morgan fingerprint density at radius 3 is 2.07 bits per heavy atom. The Hall–Kier alpha value is -5.22. The molecule has 0 fully saturated rings. The van der Waals surface area contributed by atoms with Crippen LogP contribution in [0.2, 0.25) is 0 Å². The maximum Gasteiger partial charge on any atom is 0.216 e. The van der Waals surface area contributed by atoms with Gasteiger partial charge in [-0.2, -0.15) is 0 Å². The molecule has 0 unspecified atom stereocenters. The molecule has 0 amide bonds. The van der Waals surface area contributed by atoms with Gasteiger partial charge in [-0.3, -0.25) is 0 Å². The second-order valence-corrected chi connectivity index (χ2v) is 15.3. The van der Waals surface area contributed by atoms with Crippen LogP contribution in [0.4, 0.5) is 0 Å². The van der Waals surface area contributed by atoms with Crippen molar-refractivity contribution in [3.63, 3.8) is 0 Å². The quantitative estimate of drug-likeness (QED) is 0.156. The molecule has 5 heteroatoms. The molecule has 0 aliphatic carbocycles. The zero-order chi connectivity index (χ0) is 55.1. The second-order valence-electron chi connectivity index (χ2n) is 15.3. The fraction of sp³-hybridized carbons (Fsp3) is 0.250. The van der Waals surface area contributed by atoms with Gasteiger partial charge < -0.3 is 14.4 Å². The number of furan rings is 1. The van der Waals surface area contributed by atoms with E-state index in [1.165, 1.54) is 30.6 Å². The monoisotopic (exact) mass is 944 g/mol. The number of aryl methyl sites for hydroxylation is 3. The van der Waals surface area contributed by atoms with E-state index in [4.69, 9.17) is 29.1 Å². The van der Waals surface area contributed by atoms with Gasteiger partial charge in [0.15, 0.2) is 0 Å². The molecule has 4 aromatic heterocycles. The normalized spacial score (nSPS) is 17.4. The van der Waals surface area contributed by atoms with E-state index in [0.29, 0.717) is 61.1 Å². The summed E-state index contributed by atoms with van der Waals surface area (Å²) in [6.07, 6.45) is -0.510. The minimum atomic E-state index is -2.62. The SMILES string of the molecule is [2H]C([2H])([2H])c1ccc2c(n1)oc1c(-c3cc(-c4ccc(C([2H])([2H])C(C)(C)C)cc4)c(C([2H])([2H])[2H])cn3)[c-]ccc12.[2H]c1c([2H])c([2H])c(-c2cc(-c3ccc(C([2H])([2H])C(C)(C)C)cn3)[c-]cc2C([2H])([2H])[2H])c([2H])c1[2H].[Ir]. The first-order valence-corrected chi connectivity index (χ1v) is 17.9. The van der Waals surface area contributed by atoms with E-state index in [2.05, 4.69) is 27.1 Å². The van der Waals surface area contributed by atoms with Crippen LogP contribution in [0.15, 0.2) is 126 Å². The summed E-state index contributed by atoms with van der Waals surface area (Å²) in [5, 5.41) is 1.34. The van der Waals surface area contributed by atoms with Gasteiger partial charge >= 0.3 is 0 Å². The maximum atomic E-state index is 8.57. The zero-order valence-electron chi connectivity index (χ0n) is 50.2. The van der Waals surface area contributed by atoms with Gasteiger partial charge in [0.2, 0.25) is 5.71 Å². The van der Waals surface area contributed by atoms with Crippen molar-refractivity contribution in [1.29, 1.82) is 0 Å². The summed E-state index contributed by atoms with van der Waals surface area (Å²) in [5.41, 5.74) is 2.33. The number of pyridine rings is 3. The van der Waals surface area contributed by atoms with Crippen LogP contribution in [0.5, 0.6) is 0 Å². The largest absolute Gasteiger partial charge is 0.486 e. The molecule has 0 aliphatic rings. The fourth-order valence-electron chi connectivity index (χ4n) is 6.10. The summed E-state index contributed by atoms with van der Waals surface area (Å²) in [6, 6.07) is 24.2. The van der Waals surface area contributed by atoms with E-state index >= 15 is 0 Å². The van der Waals surface area contributed by atoms with E-state index < -0.39 is 74.3 Å². The third-order valence-corrected chi connectivity index (χ3v) is 8.45. The molecule has 8 aromatic rings. The third kappa shape index (κ3) is 10.0. The van der Waals surface area contributed by atoms with Crippen molar-refractivity contribution in [2.45, 2.75) is 74.8 Å². The Bertz CT molecular complexity index is 3390. The van der Waals surface area contributed by atoms with Gasteiger partial charge in [-0.05, 0) is 94.2 Å². The van der Waals surface area contributed by atoms with Crippen molar-refractivity contribution < 1.29 is 49.2 Å². The summed E-state index contributed by atoms with van der Waals surface area (Å²) >= 11 is 0. The van der Waals surface area contributed by atoms with Crippen LogP contribution < -0.4 is 0 Å². The van der Waals surface area contributed by atoms with Gasteiger partial charge in [0.25, 0.3) is 0 Å². The predicted molar refractivity (Wildman–Crippen MR) is 233 cm³/mol. The molecular formula is C52H51IrN3O-2. The Morgan fingerprint density at radius 1 is 0.684 bits per heavy atom. The fourth-order valence-corrected chi connectivity index (χ4v) is 6.10. The van der Waals surface area contributed by atoms with Crippen molar-refractivity contribution in [3.8, 4) is 44.8 Å². The number of fused-ring (bicyclic) bond motifs is 3. The third-order valence-electron chi connectivity index (χ3n) is 8.45. The van der Waals surface area contributed by atoms with Crippen LogP contribution in [0.25, 0.3) is 66.8 Å². The summed E-state index contributed by atoms with van der Waals surface area (Å²) in [7, 11) is 0. The van der Waals surface area contributed by atoms with Crippen molar-refractivity contribution in [2.24, 2.45) is 10.8 Å². The molecule has 4 aromatic carbocycles. The number of rotatable bonds is 6. The van der Waals surface area contributed by atoms with Crippen molar-refractivity contribution in [2.75, 3.05) is 0 Å². The van der Waals surface area contributed by atoms with Gasteiger partial charge in [-0.15, -0.1) is 47.5 Å². The van der Waals surface area contributed by atoms with Gasteiger partial charge in [-0.1, -0.05) is 138 Å². The molecule has 0 saturated heterocycles. The molecule has 0 atom stereocenters. The smallest absolute Gasteiger partial charge is 0.216 e. The van der Waals surface area contributed by atoms with E-state index in [0.717, 1.165) is 0 Å². The summed E-state index contributed by atoms with van der Waals surface area (Å²) < 4.78 is 151.